The molecule has 0 bridgehead atoms. The number of guanidine groups is 1. The van der Waals surface area contributed by atoms with Crippen LogP contribution in [0.15, 0.2) is 29.3 Å². The smallest absolute Gasteiger partial charge is 0.196 e. The van der Waals surface area contributed by atoms with Crippen molar-refractivity contribution >= 4 is 23.4 Å². The van der Waals surface area contributed by atoms with Crippen LogP contribution in [0.2, 0.25) is 0 Å². The van der Waals surface area contributed by atoms with Crippen molar-refractivity contribution in [2.24, 2.45) is 10.7 Å². The van der Waals surface area contributed by atoms with E-state index in [4.69, 9.17) is 5.73 Å². The second-order valence-electron chi connectivity index (χ2n) is 5.39. The predicted octanol–water partition coefficient (Wildman–Crippen LogP) is 2.82. The van der Waals surface area contributed by atoms with E-state index in [1.165, 1.54) is 37.8 Å². The summed E-state index contributed by atoms with van der Waals surface area (Å²) in [6.45, 7) is 1.42. The molecule has 1 aliphatic carbocycles. The van der Waals surface area contributed by atoms with E-state index in [9.17, 15) is 4.39 Å². The zero-order chi connectivity index (χ0) is 15.6. The fourth-order valence-corrected chi connectivity index (χ4v) is 3.09. The lowest BCUT2D eigenvalue weighted by Gasteiger charge is -2.17. The van der Waals surface area contributed by atoms with Crippen LogP contribution >= 0.6 is 11.8 Å². The number of hydrogen-bond acceptors (Lipinski definition) is 3. The van der Waals surface area contributed by atoms with Crippen molar-refractivity contribution in [2.45, 2.75) is 31.7 Å². The number of rotatable bonds is 7. The highest BCUT2D eigenvalue weighted by atomic mass is 32.2. The quantitative estimate of drug-likeness (QED) is 0.410. The van der Waals surface area contributed by atoms with E-state index in [2.05, 4.69) is 15.6 Å². The summed E-state index contributed by atoms with van der Waals surface area (Å²) in [5.74, 6) is 2.39. The Morgan fingerprint density at radius 2 is 2.14 bits per heavy atom. The number of nitrogens with two attached hydrogens (primary N) is 1. The maximum Gasteiger partial charge on any atom is 0.196 e. The van der Waals surface area contributed by atoms with Gasteiger partial charge >= 0.3 is 0 Å². The number of halogens is 1. The van der Waals surface area contributed by atoms with E-state index in [0.717, 1.165) is 29.7 Å². The van der Waals surface area contributed by atoms with Crippen molar-refractivity contribution < 1.29 is 4.39 Å². The Kier molecular flexibility index (Phi) is 7.53. The number of thioether (sulfide) groups is 1. The average molecular weight is 324 g/mol. The van der Waals surface area contributed by atoms with E-state index in [0.29, 0.717) is 12.6 Å². The van der Waals surface area contributed by atoms with Gasteiger partial charge in [-0.25, -0.2) is 4.39 Å². The van der Waals surface area contributed by atoms with Gasteiger partial charge in [0.05, 0.1) is 6.54 Å². The molecule has 122 valence electrons. The first kappa shape index (κ1) is 17.1. The Bertz CT molecular complexity index is 475. The lowest BCUT2D eigenvalue weighted by Crippen LogP contribution is -2.38. The minimum absolute atomic E-state index is 0.247. The second-order valence-corrected chi connectivity index (χ2v) is 6.62. The molecule has 0 heterocycles. The zero-order valence-corrected chi connectivity index (χ0v) is 13.7. The molecule has 1 aromatic rings. The van der Waals surface area contributed by atoms with Crippen molar-refractivity contribution in [3.8, 4) is 0 Å². The van der Waals surface area contributed by atoms with Gasteiger partial charge in [0.25, 0.3) is 0 Å². The van der Waals surface area contributed by atoms with Gasteiger partial charge in [-0.15, -0.1) is 0 Å². The maximum atomic E-state index is 13.3. The molecule has 4 N–H and O–H groups in total. The molecule has 22 heavy (non-hydrogen) atoms. The van der Waals surface area contributed by atoms with E-state index in [-0.39, 0.29) is 5.82 Å². The predicted molar refractivity (Wildman–Crippen MR) is 94.1 cm³/mol. The fourth-order valence-electron chi connectivity index (χ4n) is 2.50. The third-order valence-corrected chi connectivity index (χ3v) is 4.55. The van der Waals surface area contributed by atoms with Crippen LogP contribution in [0.4, 0.5) is 10.1 Å². The van der Waals surface area contributed by atoms with Crippen LogP contribution in [-0.2, 0) is 0 Å². The molecule has 6 heteroatoms. The first-order valence-corrected chi connectivity index (χ1v) is 9.05. The van der Waals surface area contributed by atoms with Crippen LogP contribution < -0.4 is 16.4 Å². The van der Waals surface area contributed by atoms with Crippen LogP contribution in [0.25, 0.3) is 0 Å². The van der Waals surface area contributed by atoms with Crippen molar-refractivity contribution in [1.29, 1.82) is 0 Å². The van der Waals surface area contributed by atoms with Gasteiger partial charge in [0.15, 0.2) is 5.96 Å². The molecule has 0 amide bonds. The molecule has 1 aromatic carbocycles. The van der Waals surface area contributed by atoms with Crippen molar-refractivity contribution in [3.05, 3.63) is 30.1 Å². The average Bonchev–Trinajstić information content (AvgIpc) is 3.00. The van der Waals surface area contributed by atoms with E-state index >= 15 is 0 Å². The minimum Gasteiger partial charge on any atom is -0.353 e. The summed E-state index contributed by atoms with van der Waals surface area (Å²) in [4.78, 5) is 4.59. The number of hydrogen-bond donors (Lipinski definition) is 3. The van der Waals surface area contributed by atoms with E-state index < -0.39 is 0 Å². The van der Waals surface area contributed by atoms with Crippen LogP contribution in [-0.4, -0.2) is 36.6 Å². The summed E-state index contributed by atoms with van der Waals surface area (Å²) in [6, 6.07) is 6.93. The Morgan fingerprint density at radius 1 is 1.32 bits per heavy atom. The summed E-state index contributed by atoms with van der Waals surface area (Å²) in [6.07, 6.45) is 4.87. The van der Waals surface area contributed by atoms with Crippen molar-refractivity contribution in [3.63, 3.8) is 0 Å². The zero-order valence-electron chi connectivity index (χ0n) is 12.9. The molecule has 1 fully saturated rings. The SMILES string of the molecule is NCCSCCN=C(Nc1cccc(F)c1)NC1CCCC1. The summed E-state index contributed by atoms with van der Waals surface area (Å²) in [5.41, 5.74) is 6.20. The Morgan fingerprint density at radius 3 is 2.86 bits per heavy atom. The summed E-state index contributed by atoms with van der Waals surface area (Å²) in [7, 11) is 0. The lowest BCUT2D eigenvalue weighted by molar-refractivity contribution is 0.626. The summed E-state index contributed by atoms with van der Waals surface area (Å²) in [5, 5.41) is 6.66. The molecule has 0 radical (unpaired) electrons. The van der Waals surface area contributed by atoms with Crippen LogP contribution in [0, 0.1) is 5.82 Å². The van der Waals surface area contributed by atoms with Gasteiger partial charge in [0.2, 0.25) is 0 Å². The Balaban J connectivity index is 1.92. The molecular formula is C16H25FN4S. The number of nitrogens with one attached hydrogen (secondary N) is 2. The highest BCUT2D eigenvalue weighted by Gasteiger charge is 2.16. The minimum atomic E-state index is -0.247. The highest BCUT2D eigenvalue weighted by molar-refractivity contribution is 7.99. The first-order chi connectivity index (χ1) is 10.8. The van der Waals surface area contributed by atoms with Crippen LogP contribution in [0.1, 0.15) is 25.7 Å². The van der Waals surface area contributed by atoms with Gasteiger partial charge < -0.3 is 16.4 Å². The molecule has 0 atom stereocenters. The standard InChI is InChI=1S/C16H25FN4S/c17-13-4-3-7-15(12-13)21-16(19-9-11-22-10-8-18)20-14-5-1-2-6-14/h3-4,7,12,14H,1-2,5-6,8-11,18H2,(H2,19,20,21). The Hall–Kier alpha value is -1.27. The van der Waals surface area contributed by atoms with Gasteiger partial charge in [-0.1, -0.05) is 18.9 Å². The molecule has 4 nitrogen and oxygen atoms in total. The third kappa shape index (κ3) is 6.23. The van der Waals surface area contributed by atoms with Crippen LogP contribution in [0.3, 0.4) is 0 Å². The molecule has 0 aliphatic heterocycles. The highest BCUT2D eigenvalue weighted by Crippen LogP contribution is 2.18. The molecule has 1 saturated carbocycles. The second kappa shape index (κ2) is 9.69. The Labute approximate surface area is 136 Å². The number of aliphatic imine (C=N–C) groups is 1. The normalized spacial score (nSPS) is 16.0. The third-order valence-electron chi connectivity index (χ3n) is 3.55. The molecule has 2 rings (SSSR count). The maximum absolute atomic E-state index is 13.3. The molecular weight excluding hydrogens is 299 g/mol. The molecule has 0 spiro atoms. The van der Waals surface area contributed by atoms with E-state index in [1.807, 2.05) is 6.07 Å². The van der Waals surface area contributed by atoms with E-state index in [1.54, 1.807) is 17.8 Å². The number of nitrogens with zero attached hydrogens (tertiary/aromatic N) is 1. The number of benzene rings is 1. The molecule has 0 saturated heterocycles. The fraction of sp³-hybridized carbons (Fsp3) is 0.562. The molecule has 1 aliphatic rings. The monoisotopic (exact) mass is 324 g/mol. The lowest BCUT2D eigenvalue weighted by atomic mass is 10.2. The summed E-state index contributed by atoms with van der Waals surface area (Å²) < 4.78 is 13.3. The first-order valence-electron chi connectivity index (χ1n) is 7.89. The van der Waals surface area contributed by atoms with Gasteiger partial charge in [0, 0.05) is 29.8 Å². The molecule has 0 unspecified atom stereocenters. The topological polar surface area (TPSA) is 62.4 Å². The van der Waals surface area contributed by atoms with Gasteiger partial charge in [-0.3, -0.25) is 4.99 Å². The van der Waals surface area contributed by atoms with Gasteiger partial charge in [0.1, 0.15) is 5.82 Å². The van der Waals surface area contributed by atoms with Crippen LogP contribution in [0.5, 0.6) is 0 Å². The summed E-state index contributed by atoms with van der Waals surface area (Å²) >= 11 is 1.80. The van der Waals surface area contributed by atoms with Crippen molar-refractivity contribution in [2.75, 3.05) is 29.9 Å². The van der Waals surface area contributed by atoms with Gasteiger partial charge in [-0.2, -0.15) is 11.8 Å². The largest absolute Gasteiger partial charge is 0.353 e. The number of anilines is 1. The van der Waals surface area contributed by atoms with Gasteiger partial charge in [-0.05, 0) is 31.0 Å². The van der Waals surface area contributed by atoms with Crippen molar-refractivity contribution in [1.82, 2.24) is 5.32 Å². The molecule has 0 aromatic heterocycles.